The smallest absolute Gasteiger partial charge is 0.252 e. The number of hydrogen-bond acceptors (Lipinski definition) is 5. The van der Waals surface area contributed by atoms with E-state index < -0.39 is 0 Å². The number of rotatable bonds is 4. The fourth-order valence-corrected chi connectivity index (χ4v) is 3.47. The number of nitrogens with one attached hydrogen (secondary N) is 1. The molecule has 24 heavy (non-hydrogen) atoms. The van der Waals surface area contributed by atoms with E-state index in [0.717, 1.165) is 26.5 Å². The highest BCUT2D eigenvalue weighted by atomic mass is 32.1. The molecular formula is C17H13N5OS. The Morgan fingerprint density at radius 3 is 3.00 bits per heavy atom. The van der Waals surface area contributed by atoms with Crippen LogP contribution < -0.4 is 5.56 Å². The van der Waals surface area contributed by atoms with Crippen LogP contribution in [0.1, 0.15) is 0 Å². The maximum Gasteiger partial charge on any atom is 0.252 e. The van der Waals surface area contributed by atoms with Gasteiger partial charge in [0, 0.05) is 42.2 Å². The Morgan fingerprint density at radius 1 is 1.29 bits per heavy atom. The first-order valence-corrected chi connectivity index (χ1v) is 8.15. The first-order chi connectivity index (χ1) is 11.8. The lowest BCUT2D eigenvalue weighted by molar-refractivity contribution is 0.801. The van der Waals surface area contributed by atoms with Crippen LogP contribution in [0.15, 0.2) is 60.3 Å². The number of fused-ring (bicyclic) bond motifs is 1. The zero-order valence-electron chi connectivity index (χ0n) is 12.6. The molecule has 0 aromatic carbocycles. The van der Waals surface area contributed by atoms with Crippen molar-refractivity contribution in [3.05, 3.63) is 65.9 Å². The van der Waals surface area contributed by atoms with Crippen molar-refractivity contribution < 1.29 is 0 Å². The van der Waals surface area contributed by atoms with Crippen molar-refractivity contribution in [2.24, 2.45) is 0 Å². The summed E-state index contributed by atoms with van der Waals surface area (Å²) in [5.74, 6) is 0. The molecule has 0 saturated carbocycles. The zero-order valence-corrected chi connectivity index (χ0v) is 13.5. The van der Waals surface area contributed by atoms with Crippen LogP contribution in [0, 0.1) is 0 Å². The van der Waals surface area contributed by atoms with Crippen LogP contribution in [0.2, 0.25) is 0 Å². The van der Waals surface area contributed by atoms with E-state index >= 15 is 0 Å². The summed E-state index contributed by atoms with van der Waals surface area (Å²) >= 11 is 1.55. The maximum atomic E-state index is 12.0. The summed E-state index contributed by atoms with van der Waals surface area (Å²) in [6.07, 6.45) is 7.01. The second-order valence-corrected chi connectivity index (χ2v) is 6.21. The Labute approximate surface area is 141 Å². The molecule has 0 spiro atoms. The van der Waals surface area contributed by atoms with Crippen LogP contribution in [0.3, 0.4) is 0 Å². The summed E-state index contributed by atoms with van der Waals surface area (Å²) in [6.45, 7) is 4.11. The lowest BCUT2D eigenvalue weighted by atomic mass is 10.2. The van der Waals surface area contributed by atoms with Gasteiger partial charge in [-0.2, -0.15) is 5.10 Å². The molecule has 0 radical (unpaired) electrons. The Bertz CT molecular complexity index is 1080. The third kappa shape index (κ3) is 2.35. The van der Waals surface area contributed by atoms with E-state index in [1.807, 2.05) is 18.3 Å². The van der Waals surface area contributed by atoms with Gasteiger partial charge in [0.15, 0.2) is 5.65 Å². The Morgan fingerprint density at radius 2 is 2.21 bits per heavy atom. The average molecular weight is 335 g/mol. The number of aromatic amines is 1. The van der Waals surface area contributed by atoms with E-state index in [0.29, 0.717) is 12.2 Å². The van der Waals surface area contributed by atoms with Gasteiger partial charge in [-0.1, -0.05) is 6.08 Å². The molecule has 4 heterocycles. The summed E-state index contributed by atoms with van der Waals surface area (Å²) in [5, 5.41) is 9.12. The molecule has 0 saturated heterocycles. The van der Waals surface area contributed by atoms with Gasteiger partial charge in [0.2, 0.25) is 0 Å². The van der Waals surface area contributed by atoms with Crippen molar-refractivity contribution in [2.75, 3.05) is 0 Å². The normalized spacial score (nSPS) is 11.0. The van der Waals surface area contributed by atoms with Gasteiger partial charge in [0.25, 0.3) is 5.56 Å². The Balaban J connectivity index is 1.83. The second-order valence-electron chi connectivity index (χ2n) is 5.18. The largest absolute Gasteiger partial charge is 0.287 e. The van der Waals surface area contributed by atoms with Crippen molar-refractivity contribution in [3.63, 3.8) is 0 Å². The topological polar surface area (TPSA) is 76.5 Å². The monoisotopic (exact) mass is 335 g/mol. The number of pyridine rings is 2. The van der Waals surface area contributed by atoms with Crippen molar-refractivity contribution in [2.45, 2.75) is 6.54 Å². The number of thiazole rings is 1. The third-order valence-electron chi connectivity index (χ3n) is 3.67. The van der Waals surface area contributed by atoms with Crippen molar-refractivity contribution in [1.82, 2.24) is 24.7 Å². The molecule has 6 nitrogen and oxygen atoms in total. The predicted octanol–water partition coefficient (Wildman–Crippen LogP) is 3.10. The van der Waals surface area contributed by atoms with Crippen molar-refractivity contribution in [1.29, 1.82) is 0 Å². The zero-order chi connectivity index (χ0) is 16.5. The maximum absolute atomic E-state index is 12.0. The van der Waals surface area contributed by atoms with Crippen molar-refractivity contribution in [3.8, 4) is 21.1 Å². The van der Waals surface area contributed by atoms with E-state index in [-0.39, 0.29) is 5.56 Å². The van der Waals surface area contributed by atoms with E-state index in [1.165, 1.54) is 0 Å². The Hall–Kier alpha value is -3.06. The number of hydrogen-bond donors (Lipinski definition) is 1. The molecule has 0 aliphatic carbocycles. The minimum atomic E-state index is -0.0965. The standard InChI is InChI=1S/C17H13N5OS/c1-2-8-22-14(23)6-5-12-15(20-21-16(12)22)13-10-19-17(24-13)11-4-3-7-18-9-11/h2-7,9-10H,1,8H2,(H,20,21). The van der Waals surface area contributed by atoms with Gasteiger partial charge in [-0.3, -0.25) is 19.4 Å². The quantitative estimate of drug-likeness (QED) is 0.581. The highest BCUT2D eigenvalue weighted by Gasteiger charge is 2.14. The molecule has 0 aliphatic rings. The van der Waals surface area contributed by atoms with E-state index in [2.05, 4.69) is 26.7 Å². The molecule has 0 bridgehead atoms. The summed E-state index contributed by atoms with van der Waals surface area (Å²) in [6, 6.07) is 7.20. The molecule has 1 N–H and O–H groups in total. The van der Waals surface area contributed by atoms with Gasteiger partial charge in [0.05, 0.1) is 10.6 Å². The summed E-state index contributed by atoms with van der Waals surface area (Å²) in [4.78, 5) is 21.6. The molecule has 118 valence electrons. The molecule has 0 fully saturated rings. The predicted molar refractivity (Wildman–Crippen MR) is 94.9 cm³/mol. The number of H-pyrrole nitrogens is 1. The molecule has 0 atom stereocenters. The molecule has 0 amide bonds. The van der Waals surface area contributed by atoms with E-state index in [1.54, 1.807) is 46.5 Å². The SMILES string of the molecule is C=CCn1c(=O)ccc2c(-c3cnc(-c4cccnc4)s3)[nH]nc21. The van der Waals surface area contributed by atoms with E-state index in [9.17, 15) is 4.79 Å². The van der Waals surface area contributed by atoms with E-state index in [4.69, 9.17) is 0 Å². The number of allylic oxidation sites excluding steroid dienone is 1. The van der Waals surface area contributed by atoms with Crippen LogP contribution in [0.5, 0.6) is 0 Å². The summed E-state index contributed by atoms with van der Waals surface area (Å²) in [5.41, 5.74) is 2.35. The summed E-state index contributed by atoms with van der Waals surface area (Å²) in [7, 11) is 0. The Kier molecular flexibility index (Phi) is 3.55. The van der Waals surface area contributed by atoms with Gasteiger partial charge < -0.3 is 0 Å². The fourth-order valence-electron chi connectivity index (χ4n) is 2.56. The van der Waals surface area contributed by atoms with Crippen LogP contribution in [0.25, 0.3) is 32.2 Å². The number of nitrogens with zero attached hydrogens (tertiary/aromatic N) is 4. The van der Waals surface area contributed by atoms with Crippen LogP contribution in [-0.4, -0.2) is 24.7 Å². The van der Waals surface area contributed by atoms with Gasteiger partial charge in [-0.05, 0) is 18.2 Å². The molecule has 7 heteroatoms. The molecule has 0 unspecified atom stereocenters. The first-order valence-electron chi connectivity index (χ1n) is 7.33. The second kappa shape index (κ2) is 5.86. The highest BCUT2D eigenvalue weighted by molar-refractivity contribution is 7.18. The fraction of sp³-hybridized carbons (Fsp3) is 0.0588. The van der Waals surface area contributed by atoms with Crippen LogP contribution in [0.4, 0.5) is 0 Å². The molecule has 0 aliphatic heterocycles. The minimum absolute atomic E-state index is 0.0965. The van der Waals surface area contributed by atoms with Gasteiger partial charge in [-0.15, -0.1) is 17.9 Å². The van der Waals surface area contributed by atoms with Crippen LogP contribution >= 0.6 is 11.3 Å². The van der Waals surface area contributed by atoms with Gasteiger partial charge in [-0.25, -0.2) is 4.98 Å². The third-order valence-corrected chi connectivity index (χ3v) is 4.73. The highest BCUT2D eigenvalue weighted by Crippen LogP contribution is 2.33. The minimum Gasteiger partial charge on any atom is -0.287 e. The van der Waals surface area contributed by atoms with Crippen molar-refractivity contribution >= 4 is 22.4 Å². The molecule has 4 rings (SSSR count). The average Bonchev–Trinajstić information content (AvgIpc) is 3.25. The van der Waals surface area contributed by atoms with Crippen LogP contribution in [-0.2, 0) is 6.54 Å². The van der Waals surface area contributed by atoms with Gasteiger partial charge in [0.1, 0.15) is 5.01 Å². The molecule has 4 aromatic rings. The lowest BCUT2D eigenvalue weighted by Crippen LogP contribution is -2.18. The number of aromatic nitrogens is 5. The molecule has 4 aromatic heterocycles. The van der Waals surface area contributed by atoms with Gasteiger partial charge >= 0.3 is 0 Å². The summed E-state index contributed by atoms with van der Waals surface area (Å²) < 4.78 is 1.59. The molecular weight excluding hydrogens is 322 g/mol. The lowest BCUT2D eigenvalue weighted by Gasteiger charge is -2.02. The first kappa shape index (κ1) is 14.5.